The van der Waals surface area contributed by atoms with Crippen molar-refractivity contribution in [2.45, 2.75) is 30.6 Å². The van der Waals surface area contributed by atoms with Gasteiger partial charge in [0.05, 0.1) is 10.6 Å². The summed E-state index contributed by atoms with van der Waals surface area (Å²) in [5.74, 6) is 0.238. The largest absolute Gasteiger partial charge is 0.396 e. The molecule has 0 saturated heterocycles. The first-order valence-corrected chi connectivity index (χ1v) is 7.99. The summed E-state index contributed by atoms with van der Waals surface area (Å²) >= 11 is 0. The zero-order chi connectivity index (χ0) is 13.0. The van der Waals surface area contributed by atoms with Crippen LogP contribution in [0.4, 0.5) is 5.69 Å². The number of aliphatic hydroxyl groups excluding tert-OH is 1. The molecule has 2 rings (SSSR count). The van der Waals surface area contributed by atoms with Crippen molar-refractivity contribution in [3.05, 3.63) is 23.8 Å². The monoisotopic (exact) mass is 269 g/mol. The SMILES string of the molecule is O=S1(=O)CCc2ccc(NCCCCCO)cc21. The lowest BCUT2D eigenvalue weighted by Crippen LogP contribution is -2.03. The van der Waals surface area contributed by atoms with Crippen molar-refractivity contribution in [2.75, 3.05) is 24.2 Å². The Balaban J connectivity index is 1.95. The summed E-state index contributed by atoms with van der Waals surface area (Å²) in [7, 11) is -3.04. The van der Waals surface area contributed by atoms with E-state index in [0.29, 0.717) is 11.3 Å². The molecule has 0 bridgehead atoms. The number of hydrogen-bond donors (Lipinski definition) is 2. The van der Waals surface area contributed by atoms with Gasteiger partial charge < -0.3 is 10.4 Å². The van der Waals surface area contributed by atoms with Crippen LogP contribution in [0.15, 0.2) is 23.1 Å². The molecule has 1 aromatic carbocycles. The van der Waals surface area contributed by atoms with E-state index in [2.05, 4.69) is 5.32 Å². The molecular formula is C13H19NO3S. The van der Waals surface area contributed by atoms with E-state index >= 15 is 0 Å². The number of aryl methyl sites for hydroxylation is 1. The molecule has 0 aromatic heterocycles. The zero-order valence-corrected chi connectivity index (χ0v) is 11.2. The lowest BCUT2D eigenvalue weighted by atomic mass is 10.1. The molecule has 0 fully saturated rings. The number of hydrogen-bond acceptors (Lipinski definition) is 4. The van der Waals surface area contributed by atoms with Gasteiger partial charge in [-0.3, -0.25) is 0 Å². The predicted molar refractivity (Wildman–Crippen MR) is 71.6 cm³/mol. The molecule has 0 atom stereocenters. The van der Waals surface area contributed by atoms with E-state index in [1.807, 2.05) is 12.1 Å². The number of unbranched alkanes of at least 4 members (excludes halogenated alkanes) is 2. The molecule has 0 amide bonds. The van der Waals surface area contributed by atoms with Gasteiger partial charge in [-0.05, 0) is 43.4 Å². The second kappa shape index (κ2) is 5.71. The summed E-state index contributed by atoms with van der Waals surface area (Å²) in [6.07, 6.45) is 3.41. The van der Waals surface area contributed by atoms with Crippen LogP contribution in [0.5, 0.6) is 0 Å². The number of aliphatic hydroxyl groups is 1. The van der Waals surface area contributed by atoms with E-state index < -0.39 is 9.84 Å². The predicted octanol–water partition coefficient (Wildman–Crippen LogP) is 1.59. The highest BCUT2D eigenvalue weighted by Crippen LogP contribution is 2.28. The average molecular weight is 269 g/mol. The number of nitrogens with one attached hydrogen (secondary N) is 1. The highest BCUT2D eigenvalue weighted by atomic mass is 32.2. The maximum Gasteiger partial charge on any atom is 0.179 e. The van der Waals surface area contributed by atoms with E-state index in [1.54, 1.807) is 6.07 Å². The second-order valence-electron chi connectivity index (χ2n) is 4.60. The third-order valence-corrected chi connectivity index (χ3v) is 5.00. The number of benzene rings is 1. The minimum atomic E-state index is -3.04. The standard InChI is InChI=1S/C13H19NO3S/c15-8-3-1-2-7-14-12-5-4-11-6-9-18(16,17)13(11)10-12/h4-5,10,14-15H,1-3,6-9H2. The summed E-state index contributed by atoms with van der Waals surface area (Å²) in [6.45, 7) is 1.04. The van der Waals surface area contributed by atoms with E-state index in [9.17, 15) is 8.42 Å². The summed E-state index contributed by atoms with van der Waals surface area (Å²) in [5, 5.41) is 11.9. The fraction of sp³-hybridized carbons (Fsp3) is 0.538. The van der Waals surface area contributed by atoms with Gasteiger partial charge >= 0.3 is 0 Å². The van der Waals surface area contributed by atoms with Crippen molar-refractivity contribution in [3.63, 3.8) is 0 Å². The van der Waals surface area contributed by atoms with Gasteiger partial charge in [-0.1, -0.05) is 6.07 Å². The first kappa shape index (κ1) is 13.4. The van der Waals surface area contributed by atoms with Crippen LogP contribution in [0.2, 0.25) is 0 Å². The summed E-state index contributed by atoms with van der Waals surface area (Å²) in [4.78, 5) is 0.489. The molecule has 0 radical (unpaired) electrons. The molecule has 2 N–H and O–H groups in total. The third-order valence-electron chi connectivity index (χ3n) is 3.21. The van der Waals surface area contributed by atoms with Crippen molar-refractivity contribution >= 4 is 15.5 Å². The first-order chi connectivity index (χ1) is 8.63. The topological polar surface area (TPSA) is 66.4 Å². The molecule has 18 heavy (non-hydrogen) atoms. The quantitative estimate of drug-likeness (QED) is 0.770. The molecule has 1 aromatic rings. The Morgan fingerprint density at radius 3 is 2.83 bits per heavy atom. The lowest BCUT2D eigenvalue weighted by Gasteiger charge is -2.07. The Morgan fingerprint density at radius 1 is 1.22 bits per heavy atom. The second-order valence-corrected chi connectivity index (χ2v) is 6.68. The van der Waals surface area contributed by atoms with Gasteiger partial charge in [0.1, 0.15) is 0 Å². The molecule has 1 aliphatic heterocycles. The van der Waals surface area contributed by atoms with Crippen LogP contribution in [0.25, 0.3) is 0 Å². The average Bonchev–Trinajstić information content (AvgIpc) is 2.65. The van der Waals surface area contributed by atoms with Crippen LogP contribution in [0, 0.1) is 0 Å². The van der Waals surface area contributed by atoms with Crippen LogP contribution in [-0.2, 0) is 16.3 Å². The summed E-state index contributed by atoms with van der Waals surface area (Å²) in [5.41, 5.74) is 1.80. The Labute approximate surface area is 108 Å². The van der Waals surface area contributed by atoms with Crippen molar-refractivity contribution < 1.29 is 13.5 Å². The maximum absolute atomic E-state index is 11.8. The van der Waals surface area contributed by atoms with Gasteiger partial charge in [-0.15, -0.1) is 0 Å². The third kappa shape index (κ3) is 3.03. The molecule has 100 valence electrons. The molecule has 0 aliphatic carbocycles. The Bertz CT molecular complexity index is 511. The first-order valence-electron chi connectivity index (χ1n) is 6.34. The number of rotatable bonds is 6. The van der Waals surface area contributed by atoms with Crippen LogP contribution < -0.4 is 5.32 Å². The van der Waals surface area contributed by atoms with E-state index in [-0.39, 0.29) is 12.4 Å². The van der Waals surface area contributed by atoms with Gasteiger partial charge in [0.2, 0.25) is 0 Å². The summed E-state index contributed by atoms with van der Waals surface area (Å²) in [6, 6.07) is 5.57. The van der Waals surface area contributed by atoms with Gasteiger partial charge in [-0.25, -0.2) is 8.42 Å². The molecule has 1 aliphatic rings. The fourth-order valence-corrected chi connectivity index (χ4v) is 3.75. The Hall–Kier alpha value is -1.07. The zero-order valence-electron chi connectivity index (χ0n) is 10.4. The molecule has 4 nitrogen and oxygen atoms in total. The highest BCUT2D eigenvalue weighted by molar-refractivity contribution is 7.91. The normalized spacial score (nSPS) is 16.5. The van der Waals surface area contributed by atoms with Crippen LogP contribution in [0.1, 0.15) is 24.8 Å². The minimum absolute atomic E-state index is 0.233. The number of anilines is 1. The smallest absolute Gasteiger partial charge is 0.179 e. The van der Waals surface area contributed by atoms with E-state index in [0.717, 1.165) is 37.1 Å². The van der Waals surface area contributed by atoms with Crippen molar-refractivity contribution in [2.24, 2.45) is 0 Å². The fourth-order valence-electron chi connectivity index (χ4n) is 2.16. The van der Waals surface area contributed by atoms with Gasteiger partial charge in [-0.2, -0.15) is 0 Å². The van der Waals surface area contributed by atoms with Crippen LogP contribution in [-0.4, -0.2) is 32.4 Å². The van der Waals surface area contributed by atoms with E-state index in [4.69, 9.17) is 5.11 Å². The maximum atomic E-state index is 11.8. The number of sulfone groups is 1. The minimum Gasteiger partial charge on any atom is -0.396 e. The van der Waals surface area contributed by atoms with Gasteiger partial charge in [0, 0.05) is 18.8 Å². The van der Waals surface area contributed by atoms with Crippen LogP contribution in [0.3, 0.4) is 0 Å². The van der Waals surface area contributed by atoms with Gasteiger partial charge in [0.15, 0.2) is 9.84 Å². The van der Waals surface area contributed by atoms with E-state index in [1.165, 1.54) is 0 Å². The number of fused-ring (bicyclic) bond motifs is 1. The molecule has 0 unspecified atom stereocenters. The Morgan fingerprint density at radius 2 is 2.06 bits per heavy atom. The molecule has 0 spiro atoms. The van der Waals surface area contributed by atoms with Crippen molar-refractivity contribution in [3.8, 4) is 0 Å². The summed E-state index contributed by atoms with van der Waals surface area (Å²) < 4.78 is 23.5. The Kier molecular flexibility index (Phi) is 4.24. The molecular weight excluding hydrogens is 250 g/mol. The molecule has 5 heteroatoms. The molecule has 0 saturated carbocycles. The van der Waals surface area contributed by atoms with Gasteiger partial charge in [0.25, 0.3) is 0 Å². The van der Waals surface area contributed by atoms with Crippen molar-refractivity contribution in [1.82, 2.24) is 0 Å². The van der Waals surface area contributed by atoms with Crippen molar-refractivity contribution in [1.29, 1.82) is 0 Å². The molecule has 1 heterocycles. The lowest BCUT2D eigenvalue weighted by molar-refractivity contribution is 0.283. The highest BCUT2D eigenvalue weighted by Gasteiger charge is 2.25. The van der Waals surface area contributed by atoms with Crippen LogP contribution >= 0.6 is 0 Å².